The van der Waals surface area contributed by atoms with Crippen molar-refractivity contribution < 1.29 is 8.42 Å². The van der Waals surface area contributed by atoms with Gasteiger partial charge >= 0.3 is 0 Å². The molecular weight excluding hydrogens is 198 g/mol. The summed E-state index contributed by atoms with van der Waals surface area (Å²) >= 11 is 0. The van der Waals surface area contributed by atoms with Gasteiger partial charge in [-0.3, -0.25) is 0 Å². The summed E-state index contributed by atoms with van der Waals surface area (Å²) in [6.45, 7) is 0. The summed E-state index contributed by atoms with van der Waals surface area (Å²) in [5, 5.41) is 0. The van der Waals surface area contributed by atoms with E-state index in [0.717, 1.165) is 18.4 Å². The lowest BCUT2D eigenvalue weighted by Gasteiger charge is -2.15. The first kappa shape index (κ1) is 9.68. The third kappa shape index (κ3) is 1.26. The van der Waals surface area contributed by atoms with Crippen LogP contribution in [0.2, 0.25) is 0 Å². The van der Waals surface area contributed by atoms with E-state index in [2.05, 4.69) is 4.72 Å². The van der Waals surface area contributed by atoms with Crippen LogP contribution in [0.1, 0.15) is 18.4 Å². The topological polar surface area (TPSA) is 46.2 Å². The van der Waals surface area contributed by atoms with Gasteiger partial charge in [0.2, 0.25) is 10.0 Å². The Morgan fingerprint density at radius 1 is 1.21 bits per heavy atom. The van der Waals surface area contributed by atoms with Gasteiger partial charge in [0.15, 0.2) is 0 Å². The first-order chi connectivity index (χ1) is 6.62. The van der Waals surface area contributed by atoms with Gasteiger partial charge < -0.3 is 0 Å². The molecule has 1 aromatic rings. The highest BCUT2D eigenvalue weighted by Gasteiger charge is 2.55. The molecule has 0 heterocycles. The summed E-state index contributed by atoms with van der Waals surface area (Å²) in [5.41, 5.74) is 0.898. The Bertz CT molecular complexity index is 421. The second-order valence-electron chi connectivity index (χ2n) is 3.57. The van der Waals surface area contributed by atoms with Crippen LogP contribution in [-0.2, 0) is 14.8 Å². The molecule has 0 atom stereocenters. The average molecular weight is 211 g/mol. The van der Waals surface area contributed by atoms with E-state index in [9.17, 15) is 8.42 Å². The van der Waals surface area contributed by atoms with E-state index < -0.39 is 14.8 Å². The van der Waals surface area contributed by atoms with Crippen molar-refractivity contribution in [3.63, 3.8) is 0 Å². The average Bonchev–Trinajstić information content (AvgIpc) is 3.00. The van der Waals surface area contributed by atoms with Crippen molar-refractivity contribution in [2.45, 2.75) is 17.6 Å². The molecule has 1 aliphatic carbocycles. The lowest BCUT2D eigenvalue weighted by Crippen LogP contribution is -2.31. The van der Waals surface area contributed by atoms with E-state index >= 15 is 0 Å². The Kier molecular flexibility index (Phi) is 2.12. The Balaban J connectivity index is 2.45. The van der Waals surface area contributed by atoms with Crippen LogP contribution in [0.15, 0.2) is 30.3 Å². The fourth-order valence-electron chi connectivity index (χ4n) is 1.76. The molecule has 1 aromatic carbocycles. The molecule has 1 aliphatic rings. The molecule has 1 fully saturated rings. The number of nitrogens with one attached hydrogen (secondary N) is 1. The molecule has 3 nitrogen and oxygen atoms in total. The fourth-order valence-corrected chi connectivity index (χ4v) is 3.24. The van der Waals surface area contributed by atoms with Gasteiger partial charge in [-0.05, 0) is 25.5 Å². The van der Waals surface area contributed by atoms with Crippen LogP contribution in [-0.4, -0.2) is 15.5 Å². The molecule has 1 saturated carbocycles. The maximum Gasteiger partial charge on any atom is 0.221 e. The summed E-state index contributed by atoms with van der Waals surface area (Å²) in [7, 11) is -1.72. The van der Waals surface area contributed by atoms with Gasteiger partial charge in [0.05, 0.1) is 0 Å². The molecule has 0 bridgehead atoms. The van der Waals surface area contributed by atoms with Crippen molar-refractivity contribution in [3.05, 3.63) is 35.9 Å². The first-order valence-electron chi connectivity index (χ1n) is 4.61. The minimum Gasteiger partial charge on any atom is -0.218 e. The Morgan fingerprint density at radius 2 is 1.79 bits per heavy atom. The Hall–Kier alpha value is -0.870. The number of hydrogen-bond acceptors (Lipinski definition) is 2. The lowest BCUT2D eigenvalue weighted by molar-refractivity contribution is 0.571. The summed E-state index contributed by atoms with van der Waals surface area (Å²) in [6.07, 6.45) is 1.44. The normalized spacial score (nSPS) is 19.2. The lowest BCUT2D eigenvalue weighted by atomic mass is 10.1. The smallest absolute Gasteiger partial charge is 0.218 e. The largest absolute Gasteiger partial charge is 0.221 e. The molecule has 0 saturated heterocycles. The highest BCUT2D eigenvalue weighted by atomic mass is 32.2. The van der Waals surface area contributed by atoms with Crippen molar-refractivity contribution in [2.75, 3.05) is 7.05 Å². The molecular formula is C10H13NO2S. The second-order valence-corrected chi connectivity index (χ2v) is 5.76. The Morgan fingerprint density at radius 3 is 2.21 bits per heavy atom. The van der Waals surface area contributed by atoms with E-state index in [1.165, 1.54) is 7.05 Å². The monoisotopic (exact) mass is 211 g/mol. The molecule has 0 amide bonds. The van der Waals surface area contributed by atoms with E-state index in [1.807, 2.05) is 30.3 Å². The minimum absolute atomic E-state index is 0.650. The van der Waals surface area contributed by atoms with E-state index in [0.29, 0.717) is 0 Å². The van der Waals surface area contributed by atoms with Gasteiger partial charge in [0.1, 0.15) is 4.75 Å². The second kappa shape index (κ2) is 3.07. The molecule has 14 heavy (non-hydrogen) atoms. The Labute approximate surface area is 84.2 Å². The van der Waals surface area contributed by atoms with Crippen LogP contribution >= 0.6 is 0 Å². The molecule has 0 spiro atoms. The van der Waals surface area contributed by atoms with Crippen LogP contribution in [0.3, 0.4) is 0 Å². The maximum atomic E-state index is 11.8. The van der Waals surface area contributed by atoms with Crippen molar-refractivity contribution in [2.24, 2.45) is 0 Å². The number of hydrogen-bond donors (Lipinski definition) is 1. The molecule has 0 aliphatic heterocycles. The van der Waals surface area contributed by atoms with Gasteiger partial charge in [-0.15, -0.1) is 0 Å². The summed E-state index contributed by atoms with van der Waals surface area (Å²) in [6, 6.07) is 9.40. The van der Waals surface area contributed by atoms with Gasteiger partial charge in [0, 0.05) is 0 Å². The highest BCUT2D eigenvalue weighted by molar-refractivity contribution is 7.90. The van der Waals surface area contributed by atoms with Crippen molar-refractivity contribution >= 4 is 10.0 Å². The SMILES string of the molecule is CNS(=O)(=O)C1(c2ccccc2)CC1. The van der Waals surface area contributed by atoms with E-state index in [-0.39, 0.29) is 0 Å². The zero-order valence-corrected chi connectivity index (χ0v) is 8.84. The molecule has 0 unspecified atom stereocenters. The molecule has 0 aromatic heterocycles. The van der Waals surface area contributed by atoms with Crippen molar-refractivity contribution in [1.29, 1.82) is 0 Å². The predicted octanol–water partition coefficient (Wildman–Crippen LogP) is 1.22. The maximum absolute atomic E-state index is 11.8. The number of benzene rings is 1. The molecule has 76 valence electrons. The van der Waals surface area contributed by atoms with E-state index in [1.54, 1.807) is 0 Å². The summed E-state index contributed by atoms with van der Waals surface area (Å²) < 4.78 is 25.3. The predicted molar refractivity (Wildman–Crippen MR) is 55.3 cm³/mol. The summed E-state index contributed by atoms with van der Waals surface area (Å²) in [4.78, 5) is 0. The minimum atomic E-state index is -3.19. The first-order valence-corrected chi connectivity index (χ1v) is 6.09. The van der Waals surface area contributed by atoms with Gasteiger partial charge in [-0.1, -0.05) is 30.3 Å². The molecule has 4 heteroatoms. The van der Waals surface area contributed by atoms with Crippen LogP contribution < -0.4 is 4.72 Å². The zero-order chi connectivity index (χ0) is 10.2. The van der Waals surface area contributed by atoms with Gasteiger partial charge in [-0.25, -0.2) is 13.1 Å². The van der Waals surface area contributed by atoms with Crippen LogP contribution in [0.25, 0.3) is 0 Å². The molecule has 2 rings (SSSR count). The van der Waals surface area contributed by atoms with Crippen molar-refractivity contribution in [1.82, 2.24) is 4.72 Å². The summed E-state index contributed by atoms with van der Waals surface area (Å²) in [5.74, 6) is 0. The third-order valence-electron chi connectivity index (χ3n) is 2.79. The van der Waals surface area contributed by atoms with Gasteiger partial charge in [0.25, 0.3) is 0 Å². The molecule has 0 radical (unpaired) electrons. The quantitative estimate of drug-likeness (QED) is 0.817. The fraction of sp³-hybridized carbons (Fsp3) is 0.400. The standard InChI is InChI=1S/C10H13NO2S/c1-11-14(12,13)10(7-8-10)9-5-3-2-4-6-9/h2-6,11H,7-8H2,1H3. The van der Waals surface area contributed by atoms with Gasteiger partial charge in [-0.2, -0.15) is 0 Å². The third-order valence-corrected chi connectivity index (χ3v) is 5.00. The van der Waals surface area contributed by atoms with Crippen LogP contribution in [0.5, 0.6) is 0 Å². The zero-order valence-electron chi connectivity index (χ0n) is 8.03. The van der Waals surface area contributed by atoms with Crippen molar-refractivity contribution in [3.8, 4) is 0 Å². The number of sulfonamides is 1. The van der Waals surface area contributed by atoms with Crippen LogP contribution in [0, 0.1) is 0 Å². The van der Waals surface area contributed by atoms with E-state index in [4.69, 9.17) is 0 Å². The van der Waals surface area contributed by atoms with Crippen LogP contribution in [0.4, 0.5) is 0 Å². The number of rotatable bonds is 3. The highest BCUT2D eigenvalue weighted by Crippen LogP contribution is 2.51. The molecule has 1 N–H and O–H groups in total.